The van der Waals surface area contributed by atoms with E-state index < -0.39 is 27.5 Å². The van der Waals surface area contributed by atoms with Crippen LogP contribution in [0.2, 0.25) is 0 Å². The van der Waals surface area contributed by atoms with E-state index in [-0.39, 0.29) is 22.0 Å². The summed E-state index contributed by atoms with van der Waals surface area (Å²) in [6.45, 7) is 6.02. The predicted octanol–water partition coefficient (Wildman–Crippen LogP) is 5.25. The number of hydrogen-bond acceptors (Lipinski definition) is 7. The molecule has 11 heteroatoms. The summed E-state index contributed by atoms with van der Waals surface area (Å²) in [6, 6.07) is 15.4. The number of carbonyl (C=O) groups is 1. The number of benzene rings is 3. The number of methoxy groups -OCH3 is 2. The number of nitrogens with one attached hydrogen (secondary N) is 3. The van der Waals surface area contributed by atoms with Crippen molar-refractivity contribution in [3.8, 4) is 22.6 Å². The second-order valence-corrected chi connectivity index (χ2v) is 10.9. The van der Waals surface area contributed by atoms with Gasteiger partial charge in [-0.1, -0.05) is 18.2 Å². The van der Waals surface area contributed by atoms with Gasteiger partial charge in [0, 0.05) is 18.8 Å². The molecule has 3 N–H and O–H groups in total. The standard InChI is InChI=1S/C27H32FN3O6S/c1-27(2,3)37-26(32)30-15-14-29-19-8-6-9-20(17-19)31-38(33,34)24-16-18(12-13-22(24)35-4)25-21(28)10-7-11-23(25)36-5/h6-13,16-17,29,31H,14-15H2,1-5H3,(H,30,32). The smallest absolute Gasteiger partial charge is 0.407 e. The van der Waals surface area contributed by atoms with Gasteiger partial charge < -0.3 is 24.8 Å². The molecule has 9 nitrogen and oxygen atoms in total. The molecule has 3 aromatic rings. The Kier molecular flexibility index (Phi) is 9.05. The van der Waals surface area contributed by atoms with Crippen LogP contribution in [-0.4, -0.2) is 47.4 Å². The van der Waals surface area contributed by atoms with E-state index in [4.69, 9.17) is 14.2 Å². The van der Waals surface area contributed by atoms with Crippen LogP contribution in [0.4, 0.5) is 20.6 Å². The third kappa shape index (κ3) is 7.51. The fraction of sp³-hybridized carbons (Fsp3) is 0.296. The van der Waals surface area contributed by atoms with Crippen molar-refractivity contribution < 1.29 is 31.8 Å². The Hall–Kier alpha value is -3.99. The largest absolute Gasteiger partial charge is 0.496 e. The molecule has 0 aromatic heterocycles. The number of anilines is 2. The van der Waals surface area contributed by atoms with Gasteiger partial charge in [-0.2, -0.15) is 0 Å². The highest BCUT2D eigenvalue weighted by atomic mass is 32.2. The lowest BCUT2D eigenvalue weighted by atomic mass is 10.0. The van der Waals surface area contributed by atoms with Crippen LogP contribution in [0, 0.1) is 5.82 Å². The lowest BCUT2D eigenvalue weighted by Crippen LogP contribution is -2.34. The molecule has 0 atom stereocenters. The number of ether oxygens (including phenoxy) is 3. The molecule has 0 unspecified atom stereocenters. The quantitative estimate of drug-likeness (QED) is 0.298. The summed E-state index contributed by atoms with van der Waals surface area (Å²) in [7, 11) is -1.36. The summed E-state index contributed by atoms with van der Waals surface area (Å²) in [5.41, 5.74) is 0.792. The van der Waals surface area contributed by atoms with Crippen molar-refractivity contribution >= 4 is 27.5 Å². The monoisotopic (exact) mass is 545 g/mol. The zero-order valence-electron chi connectivity index (χ0n) is 21.9. The lowest BCUT2D eigenvalue weighted by molar-refractivity contribution is 0.0530. The fourth-order valence-corrected chi connectivity index (χ4v) is 4.83. The second kappa shape index (κ2) is 12.0. The highest BCUT2D eigenvalue weighted by Crippen LogP contribution is 2.37. The van der Waals surface area contributed by atoms with Gasteiger partial charge in [0.2, 0.25) is 0 Å². The molecule has 0 fully saturated rings. The molecule has 0 spiro atoms. The van der Waals surface area contributed by atoms with Crippen LogP contribution < -0.4 is 24.8 Å². The van der Waals surface area contributed by atoms with E-state index in [1.165, 1.54) is 38.5 Å². The van der Waals surface area contributed by atoms with Crippen LogP contribution >= 0.6 is 0 Å². The molecule has 0 radical (unpaired) electrons. The van der Waals surface area contributed by atoms with Crippen molar-refractivity contribution in [1.82, 2.24) is 5.32 Å². The minimum atomic E-state index is -4.13. The molecule has 0 saturated heterocycles. The molecule has 0 saturated carbocycles. The van der Waals surface area contributed by atoms with Gasteiger partial charge in [0.05, 0.1) is 25.5 Å². The highest BCUT2D eigenvalue weighted by molar-refractivity contribution is 7.92. The molecule has 0 bridgehead atoms. The van der Waals surface area contributed by atoms with Gasteiger partial charge in [0.15, 0.2) is 0 Å². The topological polar surface area (TPSA) is 115 Å². The van der Waals surface area contributed by atoms with Gasteiger partial charge in [0.1, 0.15) is 27.8 Å². The molecule has 1 amide bonds. The van der Waals surface area contributed by atoms with E-state index in [0.717, 1.165) is 0 Å². The van der Waals surface area contributed by atoms with Crippen molar-refractivity contribution in [2.45, 2.75) is 31.3 Å². The molecule has 3 aromatic carbocycles. The molecular weight excluding hydrogens is 513 g/mol. The van der Waals surface area contributed by atoms with Crippen molar-refractivity contribution in [2.24, 2.45) is 0 Å². The van der Waals surface area contributed by atoms with Gasteiger partial charge in [-0.15, -0.1) is 0 Å². The van der Waals surface area contributed by atoms with Gasteiger partial charge in [-0.3, -0.25) is 4.72 Å². The van der Waals surface area contributed by atoms with Crippen molar-refractivity contribution in [2.75, 3.05) is 37.3 Å². The number of amides is 1. The second-order valence-electron chi connectivity index (χ2n) is 9.22. The van der Waals surface area contributed by atoms with E-state index in [2.05, 4.69) is 15.4 Å². The maximum atomic E-state index is 14.7. The number of rotatable bonds is 10. The van der Waals surface area contributed by atoms with E-state index in [9.17, 15) is 17.6 Å². The first kappa shape index (κ1) is 28.6. The molecule has 0 aliphatic rings. The fourth-order valence-electron chi connectivity index (χ4n) is 3.59. The van der Waals surface area contributed by atoms with Gasteiger partial charge in [-0.25, -0.2) is 17.6 Å². The maximum Gasteiger partial charge on any atom is 0.407 e. The summed E-state index contributed by atoms with van der Waals surface area (Å²) >= 11 is 0. The molecule has 38 heavy (non-hydrogen) atoms. The summed E-state index contributed by atoms with van der Waals surface area (Å²) in [5.74, 6) is -0.184. The molecule has 3 rings (SSSR count). The van der Waals surface area contributed by atoms with Crippen molar-refractivity contribution in [1.29, 1.82) is 0 Å². The first-order valence-electron chi connectivity index (χ1n) is 11.8. The minimum Gasteiger partial charge on any atom is -0.496 e. The number of hydrogen-bond donors (Lipinski definition) is 3. The van der Waals surface area contributed by atoms with Crippen molar-refractivity contribution in [3.63, 3.8) is 0 Å². The average Bonchev–Trinajstić information content (AvgIpc) is 2.85. The number of sulfonamides is 1. The molecular formula is C27H32FN3O6S. The van der Waals surface area contributed by atoms with E-state index in [1.807, 2.05) is 0 Å². The average molecular weight is 546 g/mol. The molecule has 0 heterocycles. The summed E-state index contributed by atoms with van der Waals surface area (Å²) in [6.07, 6.45) is -0.523. The van der Waals surface area contributed by atoms with Gasteiger partial charge in [0.25, 0.3) is 10.0 Å². The lowest BCUT2D eigenvalue weighted by Gasteiger charge is -2.19. The van der Waals surface area contributed by atoms with Gasteiger partial charge >= 0.3 is 6.09 Å². The normalized spacial score (nSPS) is 11.4. The Morgan fingerprint density at radius 1 is 0.895 bits per heavy atom. The van der Waals surface area contributed by atoms with Crippen molar-refractivity contribution in [3.05, 3.63) is 66.5 Å². The van der Waals surface area contributed by atoms with Crippen LogP contribution in [-0.2, 0) is 14.8 Å². The first-order chi connectivity index (χ1) is 17.9. The van der Waals surface area contributed by atoms with Crippen LogP contribution in [0.15, 0.2) is 65.6 Å². The molecule has 0 aliphatic heterocycles. The van der Waals surface area contributed by atoms with Crippen LogP contribution in [0.3, 0.4) is 0 Å². The number of halogens is 1. The number of carbonyl (C=O) groups excluding carboxylic acids is 1. The van der Waals surface area contributed by atoms with Crippen LogP contribution in [0.1, 0.15) is 20.8 Å². The Labute approximate surface area is 222 Å². The highest BCUT2D eigenvalue weighted by Gasteiger charge is 2.23. The Morgan fingerprint density at radius 2 is 1.58 bits per heavy atom. The summed E-state index contributed by atoms with van der Waals surface area (Å²) in [4.78, 5) is 11.6. The minimum absolute atomic E-state index is 0.0963. The van der Waals surface area contributed by atoms with Crippen LogP contribution in [0.5, 0.6) is 11.5 Å². The third-order valence-electron chi connectivity index (χ3n) is 5.17. The zero-order chi connectivity index (χ0) is 27.9. The van der Waals surface area contributed by atoms with E-state index in [1.54, 1.807) is 57.2 Å². The maximum absolute atomic E-state index is 14.7. The van der Waals surface area contributed by atoms with E-state index in [0.29, 0.717) is 30.0 Å². The predicted molar refractivity (Wildman–Crippen MR) is 145 cm³/mol. The zero-order valence-corrected chi connectivity index (χ0v) is 22.7. The summed E-state index contributed by atoms with van der Waals surface area (Å²) < 4.78 is 59.7. The van der Waals surface area contributed by atoms with Gasteiger partial charge in [-0.05, 0) is 68.8 Å². The Balaban J connectivity index is 1.77. The Bertz CT molecular complexity index is 1390. The molecule has 204 valence electrons. The molecule has 0 aliphatic carbocycles. The third-order valence-corrected chi connectivity index (χ3v) is 6.58. The van der Waals surface area contributed by atoms with Crippen LogP contribution in [0.25, 0.3) is 11.1 Å². The number of alkyl carbamates (subject to hydrolysis) is 1. The Morgan fingerprint density at radius 3 is 2.26 bits per heavy atom. The SMILES string of the molecule is COc1ccc(-c2c(F)cccc2OC)cc1S(=O)(=O)Nc1cccc(NCCNC(=O)OC(C)(C)C)c1. The van der Waals surface area contributed by atoms with E-state index >= 15 is 0 Å². The summed E-state index contributed by atoms with van der Waals surface area (Å²) in [5, 5.41) is 5.76. The first-order valence-corrected chi connectivity index (χ1v) is 13.3.